The molecule has 0 spiro atoms. The molecule has 0 radical (unpaired) electrons. The molecular formula is C21H21N3O5S. The van der Waals surface area contributed by atoms with Crippen molar-refractivity contribution in [3.63, 3.8) is 0 Å². The predicted molar refractivity (Wildman–Crippen MR) is 112 cm³/mol. The van der Waals surface area contributed by atoms with Gasteiger partial charge >= 0.3 is 6.03 Å². The van der Waals surface area contributed by atoms with Gasteiger partial charge in [-0.2, -0.15) is 0 Å². The predicted octanol–water partition coefficient (Wildman–Crippen LogP) is 3.25. The van der Waals surface area contributed by atoms with Gasteiger partial charge in [0.25, 0.3) is 0 Å². The van der Waals surface area contributed by atoms with Crippen LogP contribution in [0.25, 0.3) is 0 Å². The fourth-order valence-corrected chi connectivity index (χ4v) is 4.13. The molecule has 1 heterocycles. The number of rotatable bonds is 7. The fraction of sp³-hybridized carbons (Fsp3) is 0.143. The van der Waals surface area contributed by atoms with Crippen molar-refractivity contribution in [2.24, 2.45) is 0 Å². The maximum absolute atomic E-state index is 13.0. The number of anilines is 1. The third-order valence-electron chi connectivity index (χ3n) is 4.26. The Balaban J connectivity index is 1.72. The van der Waals surface area contributed by atoms with E-state index in [1.54, 1.807) is 24.5 Å². The van der Waals surface area contributed by atoms with E-state index in [-0.39, 0.29) is 15.5 Å². The van der Waals surface area contributed by atoms with E-state index in [0.29, 0.717) is 18.0 Å². The number of sulfone groups is 1. The number of aromatic nitrogens is 1. The van der Waals surface area contributed by atoms with Crippen LogP contribution >= 0.6 is 0 Å². The minimum atomic E-state index is -3.85. The molecule has 30 heavy (non-hydrogen) atoms. The van der Waals surface area contributed by atoms with Crippen molar-refractivity contribution < 1.29 is 22.7 Å². The monoisotopic (exact) mass is 427 g/mol. The Bertz CT molecular complexity index is 1120. The van der Waals surface area contributed by atoms with E-state index in [1.807, 2.05) is 6.07 Å². The summed E-state index contributed by atoms with van der Waals surface area (Å²) >= 11 is 0. The van der Waals surface area contributed by atoms with Crippen LogP contribution in [0.3, 0.4) is 0 Å². The molecule has 0 atom stereocenters. The first-order valence-electron chi connectivity index (χ1n) is 8.95. The zero-order valence-electron chi connectivity index (χ0n) is 16.5. The van der Waals surface area contributed by atoms with Crippen molar-refractivity contribution in [2.75, 3.05) is 19.5 Å². The molecule has 0 aliphatic rings. The number of urea groups is 1. The lowest BCUT2D eigenvalue weighted by Crippen LogP contribution is -2.28. The first kappa shape index (κ1) is 21.1. The number of methoxy groups -OCH3 is 2. The SMILES string of the molecule is COc1ccc(OC)c(S(=O)(=O)c2ccc(NC(=O)NCc3cccnc3)cc2)c1. The molecule has 0 saturated carbocycles. The average molecular weight is 427 g/mol. The molecule has 0 saturated heterocycles. The number of amides is 2. The van der Waals surface area contributed by atoms with E-state index in [4.69, 9.17) is 9.47 Å². The van der Waals surface area contributed by atoms with Crippen molar-refractivity contribution in [3.8, 4) is 11.5 Å². The highest BCUT2D eigenvalue weighted by Gasteiger charge is 2.23. The van der Waals surface area contributed by atoms with Crippen LogP contribution in [0.1, 0.15) is 5.56 Å². The van der Waals surface area contributed by atoms with Gasteiger partial charge in [0, 0.05) is 30.7 Å². The number of pyridine rings is 1. The van der Waals surface area contributed by atoms with Gasteiger partial charge in [-0.25, -0.2) is 13.2 Å². The molecule has 2 N–H and O–H groups in total. The number of ether oxygens (including phenoxy) is 2. The Morgan fingerprint density at radius 1 is 1.03 bits per heavy atom. The Morgan fingerprint density at radius 2 is 1.80 bits per heavy atom. The topological polar surface area (TPSA) is 107 Å². The van der Waals surface area contributed by atoms with Gasteiger partial charge in [0.2, 0.25) is 9.84 Å². The third-order valence-corrected chi connectivity index (χ3v) is 6.05. The summed E-state index contributed by atoms with van der Waals surface area (Å²) in [5.74, 6) is 0.616. The van der Waals surface area contributed by atoms with Gasteiger partial charge in [0.1, 0.15) is 16.4 Å². The Morgan fingerprint density at radius 3 is 2.43 bits per heavy atom. The minimum absolute atomic E-state index is 0.000673. The van der Waals surface area contributed by atoms with Gasteiger partial charge in [-0.15, -0.1) is 0 Å². The van der Waals surface area contributed by atoms with Crippen LogP contribution in [0.15, 0.2) is 76.8 Å². The van der Waals surface area contributed by atoms with Crippen LogP contribution in [-0.2, 0) is 16.4 Å². The molecule has 1 aromatic heterocycles. The quantitative estimate of drug-likeness (QED) is 0.599. The van der Waals surface area contributed by atoms with Crippen molar-refractivity contribution in [2.45, 2.75) is 16.3 Å². The lowest BCUT2D eigenvalue weighted by molar-refractivity contribution is 0.251. The molecule has 2 amide bonds. The maximum atomic E-state index is 13.0. The van der Waals surface area contributed by atoms with Crippen LogP contribution in [0.5, 0.6) is 11.5 Å². The lowest BCUT2D eigenvalue weighted by atomic mass is 10.3. The Kier molecular flexibility index (Phi) is 6.53. The van der Waals surface area contributed by atoms with E-state index in [1.165, 1.54) is 50.6 Å². The highest BCUT2D eigenvalue weighted by Crippen LogP contribution is 2.33. The number of benzene rings is 2. The molecule has 0 unspecified atom stereocenters. The number of carbonyl (C=O) groups is 1. The fourth-order valence-electron chi connectivity index (χ4n) is 2.70. The molecule has 0 fully saturated rings. The van der Waals surface area contributed by atoms with Crippen LogP contribution in [0.2, 0.25) is 0 Å². The summed E-state index contributed by atoms with van der Waals surface area (Å²) in [6.45, 7) is 0.321. The average Bonchev–Trinajstić information content (AvgIpc) is 2.78. The molecule has 0 aliphatic carbocycles. The van der Waals surface area contributed by atoms with Crippen molar-refractivity contribution in [1.82, 2.24) is 10.3 Å². The molecule has 0 bridgehead atoms. The molecule has 0 aliphatic heterocycles. The number of carbonyl (C=O) groups excluding carboxylic acids is 1. The van der Waals surface area contributed by atoms with Crippen LogP contribution in [-0.4, -0.2) is 33.7 Å². The van der Waals surface area contributed by atoms with E-state index >= 15 is 0 Å². The zero-order valence-corrected chi connectivity index (χ0v) is 17.3. The normalized spacial score (nSPS) is 10.9. The first-order valence-corrected chi connectivity index (χ1v) is 10.4. The summed E-state index contributed by atoms with van der Waals surface area (Å²) in [6.07, 6.45) is 3.31. The van der Waals surface area contributed by atoms with Crippen molar-refractivity contribution in [3.05, 3.63) is 72.6 Å². The summed E-state index contributed by atoms with van der Waals surface area (Å²) in [7, 11) is -0.989. The molecule has 2 aromatic carbocycles. The third kappa shape index (κ3) is 4.87. The number of nitrogens with one attached hydrogen (secondary N) is 2. The Labute approximate surface area is 174 Å². The molecule has 3 rings (SSSR count). The second-order valence-corrected chi connectivity index (χ2v) is 8.13. The minimum Gasteiger partial charge on any atom is -0.497 e. The number of hydrogen-bond acceptors (Lipinski definition) is 6. The Hall–Kier alpha value is -3.59. The summed E-state index contributed by atoms with van der Waals surface area (Å²) in [5.41, 5.74) is 1.32. The molecule has 8 nitrogen and oxygen atoms in total. The van der Waals surface area contributed by atoms with Crippen LogP contribution in [0, 0.1) is 0 Å². The molecule has 156 valence electrons. The molecular weight excluding hydrogens is 406 g/mol. The first-order chi connectivity index (χ1) is 14.4. The van der Waals surface area contributed by atoms with Crippen LogP contribution in [0.4, 0.5) is 10.5 Å². The standard InChI is InChI=1S/C21H21N3O5S/c1-28-17-7-10-19(29-2)20(12-17)30(26,27)18-8-5-16(6-9-18)24-21(25)23-14-15-4-3-11-22-13-15/h3-13H,14H2,1-2H3,(H2,23,24,25). The summed E-state index contributed by atoms with van der Waals surface area (Å²) in [5, 5.41) is 5.37. The van der Waals surface area contributed by atoms with E-state index < -0.39 is 15.9 Å². The molecule has 3 aromatic rings. The number of nitrogens with zero attached hydrogens (tertiary/aromatic N) is 1. The zero-order chi connectivity index (χ0) is 21.6. The summed E-state index contributed by atoms with van der Waals surface area (Å²) < 4.78 is 36.4. The maximum Gasteiger partial charge on any atom is 0.319 e. The van der Waals surface area contributed by atoms with Crippen LogP contribution < -0.4 is 20.1 Å². The second kappa shape index (κ2) is 9.27. The lowest BCUT2D eigenvalue weighted by Gasteiger charge is -2.12. The van der Waals surface area contributed by atoms with Gasteiger partial charge in [0.15, 0.2) is 0 Å². The summed E-state index contributed by atoms with van der Waals surface area (Å²) in [4.78, 5) is 16.1. The van der Waals surface area contributed by atoms with E-state index in [2.05, 4.69) is 15.6 Å². The van der Waals surface area contributed by atoms with Gasteiger partial charge in [0.05, 0.1) is 19.1 Å². The molecule has 9 heteroatoms. The highest BCUT2D eigenvalue weighted by atomic mass is 32.2. The van der Waals surface area contributed by atoms with E-state index in [9.17, 15) is 13.2 Å². The van der Waals surface area contributed by atoms with Gasteiger partial charge in [-0.1, -0.05) is 6.07 Å². The van der Waals surface area contributed by atoms with Gasteiger partial charge in [-0.05, 0) is 48.0 Å². The van der Waals surface area contributed by atoms with Gasteiger partial charge in [-0.3, -0.25) is 4.98 Å². The van der Waals surface area contributed by atoms with Crippen molar-refractivity contribution in [1.29, 1.82) is 0 Å². The highest BCUT2D eigenvalue weighted by molar-refractivity contribution is 7.91. The van der Waals surface area contributed by atoms with Crippen molar-refractivity contribution >= 4 is 21.6 Å². The van der Waals surface area contributed by atoms with Gasteiger partial charge < -0.3 is 20.1 Å². The smallest absolute Gasteiger partial charge is 0.319 e. The largest absolute Gasteiger partial charge is 0.497 e. The summed E-state index contributed by atoms with van der Waals surface area (Å²) in [6, 6.07) is 13.7. The van der Waals surface area contributed by atoms with E-state index in [0.717, 1.165) is 5.56 Å². The second-order valence-electron chi connectivity index (χ2n) is 6.21. The number of hydrogen-bond donors (Lipinski definition) is 2.